The molecule has 0 spiro atoms. The second-order valence-electron chi connectivity index (χ2n) is 5.01. The van der Waals surface area contributed by atoms with E-state index in [2.05, 4.69) is 0 Å². The maximum atomic E-state index is 13.0. The molecule has 0 aliphatic carbocycles. The van der Waals surface area contributed by atoms with Crippen LogP contribution in [-0.4, -0.2) is 21.7 Å². The first kappa shape index (κ1) is 12.7. The van der Waals surface area contributed by atoms with E-state index in [-0.39, 0.29) is 17.5 Å². The van der Waals surface area contributed by atoms with Crippen molar-refractivity contribution >= 4 is 10.8 Å². The van der Waals surface area contributed by atoms with E-state index < -0.39 is 10.8 Å². The lowest BCUT2D eigenvalue weighted by Crippen LogP contribution is -2.23. The molecule has 2 atom stereocenters. The lowest BCUT2D eigenvalue weighted by molar-refractivity contribution is -0.00498. The fourth-order valence-corrected chi connectivity index (χ4v) is 3.31. The Balaban J connectivity index is 1.98. The molecule has 0 radical (unpaired) electrons. The van der Waals surface area contributed by atoms with Gasteiger partial charge in [0.05, 0.1) is 28.3 Å². The van der Waals surface area contributed by atoms with Gasteiger partial charge in [-0.2, -0.15) is 0 Å². The van der Waals surface area contributed by atoms with Gasteiger partial charge in [-0.25, -0.2) is 4.39 Å². The molecule has 1 heterocycles. The molecule has 0 N–H and O–H groups in total. The van der Waals surface area contributed by atoms with Gasteiger partial charge in [-0.15, -0.1) is 0 Å². The van der Waals surface area contributed by atoms with Crippen molar-refractivity contribution in [1.82, 2.24) is 0 Å². The number of ether oxygens (including phenoxy) is 1. The Bertz CT molecular complexity index is 431. The van der Waals surface area contributed by atoms with Crippen molar-refractivity contribution in [3.8, 4) is 0 Å². The molecule has 2 unspecified atom stereocenters. The van der Waals surface area contributed by atoms with Gasteiger partial charge in [0, 0.05) is 4.90 Å². The SMILES string of the molecule is CC1(C)CCC(CS(=O)c2cccc(F)c2)O1. The van der Waals surface area contributed by atoms with Gasteiger partial charge >= 0.3 is 0 Å². The van der Waals surface area contributed by atoms with Gasteiger partial charge in [-0.3, -0.25) is 4.21 Å². The number of hydrogen-bond donors (Lipinski definition) is 0. The van der Waals surface area contributed by atoms with E-state index in [9.17, 15) is 8.60 Å². The van der Waals surface area contributed by atoms with E-state index in [1.165, 1.54) is 12.1 Å². The Kier molecular flexibility index (Phi) is 3.64. The van der Waals surface area contributed by atoms with E-state index in [0.29, 0.717) is 10.6 Å². The molecule has 2 nitrogen and oxygen atoms in total. The summed E-state index contributed by atoms with van der Waals surface area (Å²) in [7, 11) is -1.18. The van der Waals surface area contributed by atoms with Gasteiger partial charge in [-0.1, -0.05) is 6.07 Å². The zero-order valence-electron chi connectivity index (χ0n) is 10.1. The molecule has 4 heteroatoms. The molecule has 1 aromatic carbocycles. The Morgan fingerprint density at radius 2 is 2.29 bits per heavy atom. The summed E-state index contributed by atoms with van der Waals surface area (Å²) in [5, 5.41) is 0. The molecule has 1 aliphatic rings. The van der Waals surface area contributed by atoms with Crippen LogP contribution in [0.4, 0.5) is 4.39 Å². The van der Waals surface area contributed by atoms with Crippen molar-refractivity contribution < 1.29 is 13.3 Å². The molecule has 1 saturated heterocycles. The van der Waals surface area contributed by atoms with Crippen LogP contribution in [0.3, 0.4) is 0 Å². The summed E-state index contributed by atoms with van der Waals surface area (Å²) in [6.07, 6.45) is 1.93. The van der Waals surface area contributed by atoms with Crippen molar-refractivity contribution in [3.05, 3.63) is 30.1 Å². The van der Waals surface area contributed by atoms with Crippen LogP contribution in [0.2, 0.25) is 0 Å². The van der Waals surface area contributed by atoms with Crippen molar-refractivity contribution in [2.75, 3.05) is 5.75 Å². The van der Waals surface area contributed by atoms with E-state index in [1.54, 1.807) is 12.1 Å². The first-order valence-electron chi connectivity index (χ1n) is 5.78. The molecule has 0 amide bonds. The van der Waals surface area contributed by atoms with E-state index in [4.69, 9.17) is 4.74 Å². The monoisotopic (exact) mass is 256 g/mol. The van der Waals surface area contributed by atoms with Gasteiger partial charge in [0.2, 0.25) is 0 Å². The fraction of sp³-hybridized carbons (Fsp3) is 0.538. The molecule has 1 aliphatic heterocycles. The molecule has 0 bridgehead atoms. The van der Waals surface area contributed by atoms with Crippen molar-refractivity contribution in [2.45, 2.75) is 43.3 Å². The van der Waals surface area contributed by atoms with Crippen molar-refractivity contribution in [1.29, 1.82) is 0 Å². The Morgan fingerprint density at radius 3 is 2.88 bits per heavy atom. The predicted octanol–water partition coefficient (Wildman–Crippen LogP) is 2.89. The molecule has 0 aromatic heterocycles. The van der Waals surface area contributed by atoms with Crippen molar-refractivity contribution in [3.63, 3.8) is 0 Å². The van der Waals surface area contributed by atoms with Gasteiger partial charge in [0.25, 0.3) is 0 Å². The largest absolute Gasteiger partial charge is 0.371 e. The number of rotatable bonds is 3. The minimum absolute atomic E-state index is 0.0223. The van der Waals surface area contributed by atoms with Crippen LogP contribution in [0.1, 0.15) is 26.7 Å². The van der Waals surface area contributed by atoms with E-state index in [1.807, 2.05) is 13.8 Å². The number of benzene rings is 1. The molecule has 1 fully saturated rings. The van der Waals surface area contributed by atoms with Crippen LogP contribution >= 0.6 is 0 Å². The van der Waals surface area contributed by atoms with Crippen molar-refractivity contribution in [2.24, 2.45) is 0 Å². The molecule has 17 heavy (non-hydrogen) atoms. The van der Waals surface area contributed by atoms with E-state index in [0.717, 1.165) is 12.8 Å². The first-order valence-corrected chi connectivity index (χ1v) is 7.10. The second-order valence-corrected chi connectivity index (χ2v) is 6.50. The van der Waals surface area contributed by atoms with E-state index >= 15 is 0 Å². The lowest BCUT2D eigenvalue weighted by atomic mass is 10.1. The molecule has 1 aromatic rings. The summed E-state index contributed by atoms with van der Waals surface area (Å²) in [4.78, 5) is 0.540. The fourth-order valence-electron chi connectivity index (χ4n) is 2.07. The van der Waals surface area contributed by atoms with Crippen LogP contribution in [0, 0.1) is 5.82 Å². The lowest BCUT2D eigenvalue weighted by Gasteiger charge is -2.18. The third kappa shape index (κ3) is 3.36. The maximum Gasteiger partial charge on any atom is 0.124 e. The predicted molar refractivity (Wildman–Crippen MR) is 65.9 cm³/mol. The quantitative estimate of drug-likeness (QED) is 0.831. The molecule has 94 valence electrons. The molecule has 0 saturated carbocycles. The Hall–Kier alpha value is -0.740. The molecule has 2 rings (SSSR count). The van der Waals surface area contributed by atoms with Gasteiger partial charge in [0.1, 0.15) is 5.82 Å². The summed E-state index contributed by atoms with van der Waals surface area (Å²) < 4.78 is 30.8. The average Bonchev–Trinajstić information content (AvgIpc) is 2.58. The molecular weight excluding hydrogens is 239 g/mol. The summed E-state index contributed by atoms with van der Waals surface area (Å²) in [6, 6.07) is 5.97. The topological polar surface area (TPSA) is 26.3 Å². The zero-order valence-corrected chi connectivity index (χ0v) is 10.9. The summed E-state index contributed by atoms with van der Waals surface area (Å²) >= 11 is 0. The normalized spacial score (nSPS) is 24.8. The number of hydrogen-bond acceptors (Lipinski definition) is 2. The smallest absolute Gasteiger partial charge is 0.124 e. The summed E-state index contributed by atoms with van der Waals surface area (Å²) in [6.45, 7) is 4.08. The van der Waals surface area contributed by atoms with Gasteiger partial charge in [0.15, 0.2) is 0 Å². The third-order valence-corrected chi connectivity index (χ3v) is 4.40. The zero-order chi connectivity index (χ0) is 12.5. The Labute approximate surface area is 104 Å². The minimum atomic E-state index is -1.18. The van der Waals surface area contributed by atoms with Gasteiger partial charge < -0.3 is 4.74 Å². The highest BCUT2D eigenvalue weighted by Crippen LogP contribution is 2.30. The second kappa shape index (κ2) is 4.86. The highest BCUT2D eigenvalue weighted by molar-refractivity contribution is 7.85. The van der Waals surface area contributed by atoms with Crippen LogP contribution < -0.4 is 0 Å². The Morgan fingerprint density at radius 1 is 1.53 bits per heavy atom. The van der Waals surface area contributed by atoms with Crippen LogP contribution in [0.25, 0.3) is 0 Å². The molecular formula is C13H17FO2S. The highest BCUT2D eigenvalue weighted by atomic mass is 32.2. The maximum absolute atomic E-state index is 13.0. The average molecular weight is 256 g/mol. The summed E-state index contributed by atoms with van der Waals surface area (Å²) in [5.41, 5.74) is -0.114. The first-order chi connectivity index (χ1) is 7.96. The third-order valence-electron chi connectivity index (χ3n) is 2.95. The standard InChI is InChI=1S/C13H17FO2S/c1-13(2)7-6-11(16-13)9-17(15)12-5-3-4-10(14)8-12/h3-5,8,11H,6-7,9H2,1-2H3. The minimum Gasteiger partial charge on any atom is -0.371 e. The van der Waals surface area contributed by atoms with Crippen LogP contribution in [0.5, 0.6) is 0 Å². The number of halogens is 1. The van der Waals surface area contributed by atoms with Gasteiger partial charge in [-0.05, 0) is 44.9 Å². The van der Waals surface area contributed by atoms with Crippen LogP contribution in [-0.2, 0) is 15.5 Å². The van der Waals surface area contributed by atoms with Crippen LogP contribution in [0.15, 0.2) is 29.2 Å². The highest BCUT2D eigenvalue weighted by Gasteiger charge is 2.32. The summed E-state index contributed by atoms with van der Waals surface area (Å²) in [5.74, 6) is 0.107.